The van der Waals surface area contributed by atoms with E-state index in [1.165, 1.54) is 4.88 Å². The van der Waals surface area contributed by atoms with E-state index in [1.54, 1.807) is 11.3 Å². The molecule has 1 fully saturated rings. The van der Waals surface area contributed by atoms with Crippen LogP contribution in [0.15, 0.2) is 0 Å². The topological polar surface area (TPSA) is 68.0 Å². The van der Waals surface area contributed by atoms with Gasteiger partial charge in [0.05, 0.1) is 11.2 Å². The number of halogens is 2. The fourth-order valence-electron chi connectivity index (χ4n) is 2.75. The second kappa shape index (κ2) is 8.48. The highest BCUT2D eigenvalue weighted by molar-refractivity contribution is 7.11. The van der Waals surface area contributed by atoms with Gasteiger partial charge in [-0.15, -0.1) is 36.2 Å². The van der Waals surface area contributed by atoms with Crippen LogP contribution >= 0.6 is 36.2 Å². The Bertz CT molecular complexity index is 485. The molecule has 0 unspecified atom stereocenters. The summed E-state index contributed by atoms with van der Waals surface area (Å²) < 4.78 is 0. The first-order valence-corrected chi connectivity index (χ1v) is 8.12. The first kappa shape index (κ1) is 21.6. The summed E-state index contributed by atoms with van der Waals surface area (Å²) in [7, 11) is 0. The normalized spacial score (nSPS) is 21.0. The zero-order chi connectivity index (χ0) is 14.9. The van der Waals surface area contributed by atoms with Crippen molar-refractivity contribution in [2.45, 2.75) is 65.0 Å². The van der Waals surface area contributed by atoms with Gasteiger partial charge in [0, 0.05) is 17.3 Å². The average Bonchev–Trinajstić information content (AvgIpc) is 2.87. The monoisotopic (exact) mass is 367 g/mol. The minimum absolute atomic E-state index is 0. The summed E-state index contributed by atoms with van der Waals surface area (Å²) >= 11 is 1.66. The molecule has 128 valence electrons. The van der Waals surface area contributed by atoms with Gasteiger partial charge in [-0.05, 0) is 46.5 Å². The Labute approximate surface area is 149 Å². The van der Waals surface area contributed by atoms with E-state index in [4.69, 9.17) is 5.73 Å². The Morgan fingerprint density at radius 3 is 2.45 bits per heavy atom. The Morgan fingerprint density at radius 1 is 1.36 bits per heavy atom. The number of nitrogens with two attached hydrogens (primary N) is 1. The fraction of sp³-hybridized carbons (Fsp3) is 0.733. The van der Waals surface area contributed by atoms with Crippen LogP contribution in [0.3, 0.4) is 0 Å². The van der Waals surface area contributed by atoms with Crippen molar-refractivity contribution in [3.63, 3.8) is 0 Å². The quantitative estimate of drug-likeness (QED) is 0.855. The first-order chi connectivity index (χ1) is 9.29. The molecular weight excluding hydrogens is 341 g/mol. The summed E-state index contributed by atoms with van der Waals surface area (Å²) in [5, 5.41) is 4.08. The zero-order valence-corrected chi connectivity index (χ0v) is 16.1. The molecule has 1 aliphatic carbocycles. The first-order valence-electron chi connectivity index (χ1n) is 7.30. The fourth-order valence-corrected chi connectivity index (χ4v) is 3.72. The van der Waals surface area contributed by atoms with Crippen molar-refractivity contribution in [3.05, 3.63) is 15.6 Å². The molecule has 0 saturated heterocycles. The molecule has 2 atom stereocenters. The summed E-state index contributed by atoms with van der Waals surface area (Å²) in [4.78, 5) is 18.0. The van der Waals surface area contributed by atoms with Crippen LogP contribution < -0.4 is 11.1 Å². The number of carbonyl (C=O) groups is 1. The van der Waals surface area contributed by atoms with Crippen LogP contribution in [0.2, 0.25) is 0 Å². The number of amides is 1. The van der Waals surface area contributed by atoms with Crippen molar-refractivity contribution >= 4 is 42.1 Å². The second-order valence-electron chi connectivity index (χ2n) is 6.39. The zero-order valence-electron chi connectivity index (χ0n) is 13.6. The Hall–Kier alpha value is -0.360. The number of nitrogens with one attached hydrogen (secondary N) is 1. The van der Waals surface area contributed by atoms with Crippen LogP contribution in [-0.2, 0) is 10.3 Å². The molecule has 22 heavy (non-hydrogen) atoms. The maximum atomic E-state index is 12.2. The van der Waals surface area contributed by atoms with Gasteiger partial charge in [-0.25, -0.2) is 4.98 Å². The van der Waals surface area contributed by atoms with Crippen LogP contribution in [0.4, 0.5) is 0 Å². The molecule has 0 bridgehead atoms. The molecule has 7 heteroatoms. The predicted molar refractivity (Wildman–Crippen MR) is 97.2 cm³/mol. The van der Waals surface area contributed by atoms with Crippen LogP contribution in [-0.4, -0.2) is 16.9 Å². The molecule has 2 rings (SSSR count). The number of thiazole rings is 1. The Morgan fingerprint density at radius 2 is 2.00 bits per heavy atom. The predicted octanol–water partition coefficient (Wildman–Crippen LogP) is 3.47. The van der Waals surface area contributed by atoms with E-state index in [2.05, 4.69) is 17.2 Å². The standard InChI is InChI=1S/C15H25N3OS.2ClH/c1-9-10(2)20-14(17-9)15(3,4)18-13(19)8-11-6-5-7-12(11)16;;/h11-12H,5-8,16H2,1-4H3,(H,18,19);2*1H/t11-,12+;;/m0../s1. The van der Waals surface area contributed by atoms with Gasteiger partial charge >= 0.3 is 0 Å². The molecule has 0 spiro atoms. The molecule has 1 aromatic rings. The van der Waals surface area contributed by atoms with Crippen molar-refractivity contribution in [1.82, 2.24) is 10.3 Å². The number of aryl methyl sites for hydroxylation is 2. The maximum Gasteiger partial charge on any atom is 0.221 e. The van der Waals surface area contributed by atoms with Gasteiger partial charge in [-0.1, -0.05) is 6.42 Å². The van der Waals surface area contributed by atoms with Gasteiger partial charge in [0.2, 0.25) is 5.91 Å². The minimum atomic E-state index is -0.413. The molecule has 0 aliphatic heterocycles. The lowest BCUT2D eigenvalue weighted by molar-refractivity contribution is -0.123. The average molecular weight is 368 g/mol. The highest BCUT2D eigenvalue weighted by Crippen LogP contribution is 2.29. The number of rotatable bonds is 4. The third-order valence-electron chi connectivity index (χ3n) is 4.18. The third-order valence-corrected chi connectivity index (χ3v) is 5.58. The van der Waals surface area contributed by atoms with Crippen molar-refractivity contribution in [2.75, 3.05) is 0 Å². The summed E-state index contributed by atoms with van der Waals surface area (Å²) in [6.45, 7) is 8.09. The van der Waals surface area contributed by atoms with E-state index in [9.17, 15) is 4.79 Å². The molecule has 3 N–H and O–H groups in total. The smallest absolute Gasteiger partial charge is 0.221 e. The lowest BCUT2D eigenvalue weighted by Gasteiger charge is -2.25. The van der Waals surface area contributed by atoms with Crippen molar-refractivity contribution in [1.29, 1.82) is 0 Å². The highest BCUT2D eigenvalue weighted by Gasteiger charge is 2.30. The van der Waals surface area contributed by atoms with E-state index >= 15 is 0 Å². The lowest BCUT2D eigenvalue weighted by Crippen LogP contribution is -2.42. The Balaban J connectivity index is 0.00000220. The number of nitrogens with zero attached hydrogens (tertiary/aromatic N) is 1. The van der Waals surface area contributed by atoms with E-state index in [0.29, 0.717) is 12.3 Å². The van der Waals surface area contributed by atoms with Gasteiger partial charge in [-0.3, -0.25) is 4.79 Å². The number of hydrogen-bond donors (Lipinski definition) is 2. The van der Waals surface area contributed by atoms with E-state index in [1.807, 2.05) is 20.8 Å². The number of hydrogen-bond acceptors (Lipinski definition) is 4. The molecule has 1 amide bonds. The van der Waals surface area contributed by atoms with Crippen molar-refractivity contribution in [3.8, 4) is 0 Å². The van der Waals surface area contributed by atoms with E-state index in [0.717, 1.165) is 30.0 Å². The lowest BCUT2D eigenvalue weighted by atomic mass is 9.98. The van der Waals surface area contributed by atoms with Gasteiger partial charge in [0.1, 0.15) is 5.01 Å². The molecule has 4 nitrogen and oxygen atoms in total. The third kappa shape index (κ3) is 5.08. The van der Waals surface area contributed by atoms with Gasteiger partial charge < -0.3 is 11.1 Å². The summed E-state index contributed by atoms with van der Waals surface area (Å²) in [6.07, 6.45) is 3.80. The van der Waals surface area contributed by atoms with Crippen LogP contribution in [0, 0.1) is 19.8 Å². The maximum absolute atomic E-state index is 12.2. The molecule has 0 aromatic carbocycles. The largest absolute Gasteiger partial charge is 0.345 e. The number of carbonyl (C=O) groups excluding carboxylic acids is 1. The van der Waals surface area contributed by atoms with Crippen LogP contribution in [0.25, 0.3) is 0 Å². The van der Waals surface area contributed by atoms with E-state index in [-0.39, 0.29) is 36.8 Å². The molecule has 1 aromatic heterocycles. The van der Waals surface area contributed by atoms with Crippen LogP contribution in [0.1, 0.15) is 55.1 Å². The van der Waals surface area contributed by atoms with Gasteiger partial charge in [0.25, 0.3) is 0 Å². The van der Waals surface area contributed by atoms with Crippen molar-refractivity contribution < 1.29 is 4.79 Å². The second-order valence-corrected chi connectivity index (χ2v) is 7.60. The molecule has 1 aliphatic rings. The minimum Gasteiger partial charge on any atom is -0.345 e. The molecule has 0 radical (unpaired) electrons. The Kier molecular flexibility index (Phi) is 8.34. The summed E-state index contributed by atoms with van der Waals surface area (Å²) in [6, 6.07) is 0.188. The van der Waals surface area contributed by atoms with Gasteiger partial charge in [0.15, 0.2) is 0 Å². The summed E-state index contributed by atoms with van der Waals surface area (Å²) in [5.74, 6) is 0.424. The van der Waals surface area contributed by atoms with E-state index < -0.39 is 5.54 Å². The molecule has 1 heterocycles. The van der Waals surface area contributed by atoms with Gasteiger partial charge in [-0.2, -0.15) is 0 Å². The number of aromatic nitrogens is 1. The highest BCUT2D eigenvalue weighted by atomic mass is 35.5. The van der Waals surface area contributed by atoms with Crippen LogP contribution in [0.5, 0.6) is 0 Å². The summed E-state index contributed by atoms with van der Waals surface area (Å²) in [5.41, 5.74) is 6.67. The van der Waals surface area contributed by atoms with Crippen molar-refractivity contribution in [2.24, 2.45) is 11.7 Å². The molecule has 1 saturated carbocycles. The SMILES string of the molecule is Cc1nc(C(C)(C)NC(=O)C[C@@H]2CCC[C@H]2N)sc1C.Cl.Cl. The molecular formula is C15H27Cl2N3OS.